The Morgan fingerprint density at radius 3 is 2.55 bits per heavy atom. The number of pyridine rings is 1. The van der Waals surface area contributed by atoms with Gasteiger partial charge >= 0.3 is 0 Å². The summed E-state index contributed by atoms with van der Waals surface area (Å²) in [7, 11) is -3.87. The standard InChI is InChI=1S/C13H12BrFN2O2S/c1-8-3-4-11(15)6-12(8)20(18,19)17-13-9(2)5-10(14)7-16-13/h3-7H,1-2H3,(H,16,17). The zero-order chi connectivity index (χ0) is 14.9. The molecule has 0 aliphatic heterocycles. The van der Waals surface area contributed by atoms with E-state index in [1.54, 1.807) is 19.9 Å². The predicted octanol–water partition coefficient (Wildman–Crippen LogP) is 3.40. The van der Waals surface area contributed by atoms with Gasteiger partial charge in [-0.3, -0.25) is 4.72 Å². The van der Waals surface area contributed by atoms with Crippen LogP contribution in [0, 0.1) is 19.7 Å². The molecule has 0 fully saturated rings. The number of aromatic nitrogens is 1. The third kappa shape index (κ3) is 3.16. The molecule has 0 aliphatic rings. The van der Waals surface area contributed by atoms with E-state index >= 15 is 0 Å². The Hall–Kier alpha value is -1.47. The van der Waals surface area contributed by atoms with Gasteiger partial charge in [-0.25, -0.2) is 17.8 Å². The Labute approximate surface area is 125 Å². The lowest BCUT2D eigenvalue weighted by molar-refractivity contribution is 0.594. The second-order valence-corrected chi connectivity index (χ2v) is 6.90. The predicted molar refractivity (Wildman–Crippen MR) is 78.6 cm³/mol. The second kappa shape index (κ2) is 5.49. The molecule has 0 spiro atoms. The topological polar surface area (TPSA) is 59.1 Å². The quantitative estimate of drug-likeness (QED) is 0.914. The minimum absolute atomic E-state index is 0.0957. The van der Waals surface area contributed by atoms with E-state index in [9.17, 15) is 12.8 Å². The summed E-state index contributed by atoms with van der Waals surface area (Å²) in [6.07, 6.45) is 1.49. The van der Waals surface area contributed by atoms with Crippen molar-refractivity contribution in [2.45, 2.75) is 18.7 Å². The summed E-state index contributed by atoms with van der Waals surface area (Å²) in [5.74, 6) is -0.381. The lowest BCUT2D eigenvalue weighted by atomic mass is 10.2. The molecule has 7 heteroatoms. The summed E-state index contributed by atoms with van der Waals surface area (Å²) in [6.45, 7) is 3.34. The SMILES string of the molecule is Cc1ccc(F)cc1S(=O)(=O)Nc1ncc(Br)cc1C. The number of aryl methyl sites for hydroxylation is 2. The maximum atomic E-state index is 13.2. The van der Waals surface area contributed by atoms with E-state index in [4.69, 9.17) is 0 Å². The molecule has 1 aromatic carbocycles. The molecule has 2 rings (SSSR count). The lowest BCUT2D eigenvalue weighted by Crippen LogP contribution is -2.16. The van der Waals surface area contributed by atoms with Gasteiger partial charge in [0.1, 0.15) is 11.6 Å². The van der Waals surface area contributed by atoms with Crippen molar-refractivity contribution >= 4 is 31.8 Å². The maximum absolute atomic E-state index is 13.2. The van der Waals surface area contributed by atoms with Gasteiger partial charge in [0.25, 0.3) is 10.0 Å². The van der Waals surface area contributed by atoms with Crippen molar-refractivity contribution < 1.29 is 12.8 Å². The van der Waals surface area contributed by atoms with Crippen molar-refractivity contribution in [2.24, 2.45) is 0 Å². The number of halogens is 2. The number of nitrogens with zero attached hydrogens (tertiary/aromatic N) is 1. The molecule has 0 bridgehead atoms. The Kier molecular flexibility index (Phi) is 4.10. The number of hydrogen-bond acceptors (Lipinski definition) is 3. The van der Waals surface area contributed by atoms with E-state index in [2.05, 4.69) is 25.6 Å². The average molecular weight is 359 g/mol. The Bertz CT molecular complexity index is 763. The van der Waals surface area contributed by atoms with Crippen LogP contribution in [0.1, 0.15) is 11.1 Å². The maximum Gasteiger partial charge on any atom is 0.263 e. The van der Waals surface area contributed by atoms with E-state index in [1.807, 2.05) is 0 Å². The normalized spacial score (nSPS) is 11.4. The van der Waals surface area contributed by atoms with Crippen molar-refractivity contribution in [1.82, 2.24) is 4.98 Å². The molecule has 0 aliphatic carbocycles. The molecular weight excluding hydrogens is 347 g/mol. The first-order chi connectivity index (χ1) is 9.29. The molecule has 106 valence electrons. The lowest BCUT2D eigenvalue weighted by Gasteiger charge is -2.11. The Morgan fingerprint density at radius 1 is 1.20 bits per heavy atom. The van der Waals surface area contributed by atoms with Crippen LogP contribution in [0.2, 0.25) is 0 Å². The highest BCUT2D eigenvalue weighted by Gasteiger charge is 2.19. The number of benzene rings is 1. The molecule has 1 heterocycles. The van der Waals surface area contributed by atoms with Crippen LogP contribution >= 0.6 is 15.9 Å². The average Bonchev–Trinajstić information content (AvgIpc) is 2.35. The van der Waals surface area contributed by atoms with Crippen molar-refractivity contribution in [1.29, 1.82) is 0 Å². The summed E-state index contributed by atoms with van der Waals surface area (Å²) in [5, 5.41) is 0. The molecule has 0 saturated heterocycles. The highest BCUT2D eigenvalue weighted by molar-refractivity contribution is 9.10. The number of rotatable bonds is 3. The molecule has 20 heavy (non-hydrogen) atoms. The largest absolute Gasteiger partial charge is 0.263 e. The van der Waals surface area contributed by atoms with Crippen LogP contribution in [0.4, 0.5) is 10.2 Å². The van der Waals surface area contributed by atoms with Gasteiger partial charge < -0.3 is 0 Å². The summed E-state index contributed by atoms with van der Waals surface area (Å²) in [5.41, 5.74) is 1.13. The Balaban J connectivity index is 2.43. The van der Waals surface area contributed by atoms with Gasteiger partial charge in [-0.05, 0) is 59.1 Å². The number of sulfonamides is 1. The summed E-state index contributed by atoms with van der Waals surface area (Å²) in [4.78, 5) is 3.91. The fourth-order valence-electron chi connectivity index (χ4n) is 1.69. The van der Waals surface area contributed by atoms with E-state index < -0.39 is 15.8 Å². The van der Waals surface area contributed by atoms with Gasteiger partial charge in [-0.1, -0.05) is 6.07 Å². The smallest absolute Gasteiger partial charge is 0.263 e. The van der Waals surface area contributed by atoms with Gasteiger partial charge in [0.05, 0.1) is 4.90 Å². The fourth-order valence-corrected chi connectivity index (χ4v) is 3.48. The van der Waals surface area contributed by atoms with Crippen molar-refractivity contribution in [2.75, 3.05) is 4.72 Å². The number of hydrogen-bond donors (Lipinski definition) is 1. The van der Waals surface area contributed by atoms with Crippen LogP contribution < -0.4 is 4.72 Å². The molecule has 0 amide bonds. The van der Waals surface area contributed by atoms with Crippen molar-refractivity contribution in [3.8, 4) is 0 Å². The first-order valence-electron chi connectivity index (χ1n) is 5.71. The molecular formula is C13H12BrFN2O2S. The summed E-state index contributed by atoms with van der Waals surface area (Å²) >= 11 is 3.25. The van der Waals surface area contributed by atoms with Gasteiger partial charge in [0.2, 0.25) is 0 Å². The zero-order valence-electron chi connectivity index (χ0n) is 10.8. The van der Waals surface area contributed by atoms with Crippen LogP contribution in [0.5, 0.6) is 0 Å². The van der Waals surface area contributed by atoms with Crippen LogP contribution in [0.3, 0.4) is 0 Å². The minimum Gasteiger partial charge on any atom is -0.263 e. The number of nitrogens with one attached hydrogen (secondary N) is 1. The molecule has 1 N–H and O–H groups in total. The third-order valence-corrected chi connectivity index (χ3v) is 4.63. The molecule has 0 radical (unpaired) electrons. The molecule has 1 aromatic heterocycles. The molecule has 4 nitrogen and oxygen atoms in total. The Morgan fingerprint density at radius 2 is 1.90 bits per heavy atom. The first-order valence-corrected chi connectivity index (χ1v) is 7.98. The van der Waals surface area contributed by atoms with Gasteiger partial charge in [-0.2, -0.15) is 0 Å². The molecule has 2 aromatic rings. The van der Waals surface area contributed by atoms with Crippen molar-refractivity contribution in [3.63, 3.8) is 0 Å². The minimum atomic E-state index is -3.87. The number of anilines is 1. The molecule has 0 atom stereocenters. The molecule has 0 saturated carbocycles. The molecule has 0 unspecified atom stereocenters. The monoisotopic (exact) mass is 358 g/mol. The van der Waals surface area contributed by atoms with Gasteiger partial charge in [-0.15, -0.1) is 0 Å². The van der Waals surface area contributed by atoms with E-state index in [-0.39, 0.29) is 10.7 Å². The highest BCUT2D eigenvalue weighted by atomic mass is 79.9. The van der Waals surface area contributed by atoms with Crippen molar-refractivity contribution in [3.05, 3.63) is 51.9 Å². The highest BCUT2D eigenvalue weighted by Crippen LogP contribution is 2.22. The van der Waals surface area contributed by atoms with Crippen LogP contribution in [0.15, 0.2) is 39.8 Å². The third-order valence-electron chi connectivity index (χ3n) is 2.72. The van der Waals surface area contributed by atoms with Crippen LogP contribution in [-0.4, -0.2) is 13.4 Å². The van der Waals surface area contributed by atoms with Crippen LogP contribution in [0.25, 0.3) is 0 Å². The van der Waals surface area contributed by atoms with E-state index in [1.165, 1.54) is 18.3 Å². The van der Waals surface area contributed by atoms with E-state index in [0.717, 1.165) is 10.5 Å². The first kappa shape index (κ1) is 14.9. The summed E-state index contributed by atoms with van der Waals surface area (Å²) in [6, 6.07) is 5.37. The second-order valence-electron chi connectivity index (χ2n) is 4.33. The van der Waals surface area contributed by atoms with Crippen LogP contribution in [-0.2, 0) is 10.0 Å². The zero-order valence-corrected chi connectivity index (χ0v) is 13.2. The summed E-state index contributed by atoms with van der Waals surface area (Å²) < 4.78 is 40.9. The van der Waals surface area contributed by atoms with Gasteiger partial charge in [0, 0.05) is 10.7 Å². The fraction of sp³-hybridized carbons (Fsp3) is 0.154. The van der Waals surface area contributed by atoms with E-state index in [0.29, 0.717) is 11.1 Å². The van der Waals surface area contributed by atoms with Gasteiger partial charge in [0.15, 0.2) is 0 Å².